The van der Waals surface area contributed by atoms with E-state index >= 15 is 19.2 Å². The minimum absolute atomic E-state index is 0.00354. The summed E-state index contributed by atoms with van der Waals surface area (Å²) in [6, 6.07) is 34.4. The molecule has 3 amide bonds. The number of hydrogen-bond donors (Lipinski definition) is 2. The summed E-state index contributed by atoms with van der Waals surface area (Å²) in [5.74, 6) is 3.59. The standard InChI is InChI=1S/C60H57N7O11/c68-36-37-76-46-23-19-44(20-24-46)53-60(47-38-40(26-29-59(73)27-9-1-2-10-28-59)18-25-48(47)65(56(60)71)58(72)77-39-41-16-21-45(22-17-41)67(74)75)49(54(69)63-32-34-64(35-33-63)57-61-30-11-31-62-57)51-55(70)78-52(43-14-7-4-8-15-43)50(66(51)53)42-12-5-3-6-13-42/h3-8,11-25,30-31,38,49-53,68,73H,1-2,9-10,27-28,32-37,39H2/t49-,50-,51-,52+,53+,60-/m0/s1. The van der Waals surface area contributed by atoms with Crippen molar-refractivity contribution < 1.29 is 48.5 Å². The van der Waals surface area contributed by atoms with E-state index in [1.807, 2.05) is 70.5 Å². The first-order valence-electron chi connectivity index (χ1n) is 26.4. The second-order valence-electron chi connectivity index (χ2n) is 20.3. The number of aromatic nitrogens is 2. The van der Waals surface area contributed by atoms with E-state index < -0.39 is 70.0 Å². The van der Waals surface area contributed by atoms with Crippen LogP contribution in [0.4, 0.5) is 22.1 Å². The van der Waals surface area contributed by atoms with E-state index in [0.717, 1.165) is 36.1 Å². The van der Waals surface area contributed by atoms with Gasteiger partial charge in [-0.25, -0.2) is 19.7 Å². The molecule has 78 heavy (non-hydrogen) atoms. The largest absolute Gasteiger partial charge is 0.491 e. The van der Waals surface area contributed by atoms with Gasteiger partial charge in [-0.2, -0.15) is 0 Å². The quantitative estimate of drug-likeness (QED) is 0.0421. The van der Waals surface area contributed by atoms with E-state index in [2.05, 4.69) is 21.8 Å². The molecule has 18 heteroatoms. The number of amides is 3. The predicted molar refractivity (Wildman–Crippen MR) is 285 cm³/mol. The lowest BCUT2D eigenvalue weighted by Crippen LogP contribution is -2.59. The number of non-ortho nitro benzene ring substituents is 1. The number of nitro benzene ring substituents is 1. The Morgan fingerprint density at radius 2 is 1.45 bits per heavy atom. The van der Waals surface area contributed by atoms with Crippen LogP contribution in [0.5, 0.6) is 5.75 Å². The van der Waals surface area contributed by atoms with Crippen LogP contribution in [-0.4, -0.2) is 110 Å². The van der Waals surface area contributed by atoms with Gasteiger partial charge in [-0.15, -0.1) is 0 Å². The predicted octanol–water partition coefficient (Wildman–Crippen LogP) is 7.54. The van der Waals surface area contributed by atoms with Gasteiger partial charge in [-0.1, -0.05) is 97.5 Å². The van der Waals surface area contributed by atoms with Crippen LogP contribution in [0.15, 0.2) is 146 Å². The van der Waals surface area contributed by atoms with Gasteiger partial charge in [0.1, 0.15) is 42.1 Å². The minimum Gasteiger partial charge on any atom is -0.491 e. The summed E-state index contributed by atoms with van der Waals surface area (Å²) in [5.41, 5.74) is -0.585. The van der Waals surface area contributed by atoms with Crippen molar-refractivity contribution in [3.8, 4) is 17.6 Å². The third-order valence-electron chi connectivity index (χ3n) is 15.8. The van der Waals surface area contributed by atoms with Crippen molar-refractivity contribution in [2.24, 2.45) is 5.92 Å². The Kier molecular flexibility index (Phi) is 14.5. The van der Waals surface area contributed by atoms with Crippen molar-refractivity contribution in [2.45, 2.75) is 80.4 Å². The molecule has 18 nitrogen and oxygen atoms in total. The fourth-order valence-electron chi connectivity index (χ4n) is 12.2. The number of rotatable bonds is 11. The summed E-state index contributed by atoms with van der Waals surface area (Å²) >= 11 is 0. The molecule has 4 aliphatic heterocycles. The molecule has 6 aromatic rings. The Bertz CT molecular complexity index is 3250. The molecule has 1 aromatic heterocycles. The number of fused-ring (bicyclic) bond motifs is 3. The normalized spacial score (nSPS) is 23.6. The average molecular weight is 1050 g/mol. The number of aliphatic hydroxyl groups is 2. The molecule has 398 valence electrons. The first-order chi connectivity index (χ1) is 38.0. The monoisotopic (exact) mass is 1050 g/mol. The lowest BCUT2D eigenvalue weighted by Gasteiger charge is -2.46. The number of nitro groups is 1. The second kappa shape index (κ2) is 21.9. The number of benzene rings is 5. The number of piperazine rings is 1. The number of anilines is 2. The fourth-order valence-corrected chi connectivity index (χ4v) is 12.2. The number of hydrogen-bond acceptors (Lipinski definition) is 15. The number of aliphatic hydroxyl groups excluding tert-OH is 1. The molecule has 5 aromatic carbocycles. The van der Waals surface area contributed by atoms with Gasteiger partial charge in [0.05, 0.1) is 35.2 Å². The summed E-state index contributed by atoms with van der Waals surface area (Å²) in [7, 11) is 0. The molecule has 2 N–H and O–H groups in total. The highest BCUT2D eigenvalue weighted by atomic mass is 16.6. The van der Waals surface area contributed by atoms with Crippen LogP contribution in [0.3, 0.4) is 0 Å². The number of ether oxygens (including phenoxy) is 3. The maximum Gasteiger partial charge on any atom is 0.421 e. The third-order valence-corrected chi connectivity index (χ3v) is 15.8. The van der Waals surface area contributed by atoms with Crippen molar-refractivity contribution in [3.05, 3.63) is 189 Å². The van der Waals surface area contributed by atoms with E-state index in [0.29, 0.717) is 59.9 Å². The highest BCUT2D eigenvalue weighted by molar-refractivity contribution is 6.23. The molecule has 0 unspecified atom stereocenters. The van der Waals surface area contributed by atoms with E-state index in [1.54, 1.807) is 65.8 Å². The first-order valence-corrected chi connectivity index (χ1v) is 26.4. The highest BCUT2D eigenvalue weighted by Gasteiger charge is 2.76. The van der Waals surface area contributed by atoms with Crippen LogP contribution in [-0.2, 0) is 35.9 Å². The summed E-state index contributed by atoms with van der Waals surface area (Å²) < 4.78 is 18.5. The van der Waals surface area contributed by atoms with Crippen LogP contribution in [0.25, 0.3) is 0 Å². The highest BCUT2D eigenvalue weighted by Crippen LogP contribution is 2.66. The Morgan fingerprint density at radius 3 is 2.10 bits per heavy atom. The molecule has 11 rings (SSSR count). The number of cyclic esters (lactones) is 1. The molecule has 6 atom stereocenters. The van der Waals surface area contributed by atoms with Gasteiger partial charge in [0.2, 0.25) is 17.8 Å². The number of esters is 1. The van der Waals surface area contributed by atoms with Crippen molar-refractivity contribution in [1.82, 2.24) is 19.8 Å². The summed E-state index contributed by atoms with van der Waals surface area (Å²) in [5, 5.41) is 33.1. The number of nitrogens with zero attached hydrogens (tertiary/aromatic N) is 7. The Labute approximate surface area is 450 Å². The summed E-state index contributed by atoms with van der Waals surface area (Å²) in [6.07, 6.45) is 5.72. The summed E-state index contributed by atoms with van der Waals surface area (Å²) in [4.78, 5) is 90.5. The van der Waals surface area contributed by atoms with E-state index in [-0.39, 0.29) is 49.8 Å². The van der Waals surface area contributed by atoms with Gasteiger partial charge < -0.3 is 34.2 Å². The summed E-state index contributed by atoms with van der Waals surface area (Å²) in [6.45, 7) is 0.349. The van der Waals surface area contributed by atoms with Gasteiger partial charge in [0, 0.05) is 56.3 Å². The first kappa shape index (κ1) is 51.6. The van der Waals surface area contributed by atoms with Gasteiger partial charge in [0.25, 0.3) is 5.69 Å². The molecule has 4 fully saturated rings. The van der Waals surface area contributed by atoms with Crippen molar-refractivity contribution in [1.29, 1.82) is 0 Å². The lowest BCUT2D eigenvalue weighted by molar-refractivity contribution is -0.384. The van der Waals surface area contributed by atoms with Crippen LogP contribution in [0, 0.1) is 27.9 Å². The zero-order chi connectivity index (χ0) is 54.0. The van der Waals surface area contributed by atoms with Crippen molar-refractivity contribution >= 4 is 41.2 Å². The zero-order valence-electron chi connectivity index (χ0n) is 42.6. The number of morpholine rings is 1. The maximum absolute atomic E-state index is 16.9. The van der Waals surface area contributed by atoms with Gasteiger partial charge in [-0.05, 0) is 102 Å². The maximum atomic E-state index is 16.9. The molecule has 3 saturated heterocycles. The van der Waals surface area contributed by atoms with Gasteiger partial charge in [-0.3, -0.25) is 29.4 Å². The molecule has 1 saturated carbocycles. The second-order valence-corrected chi connectivity index (χ2v) is 20.3. The van der Waals surface area contributed by atoms with E-state index in [9.17, 15) is 20.3 Å². The molecule has 0 radical (unpaired) electrons. The molecule has 5 heterocycles. The van der Waals surface area contributed by atoms with Gasteiger partial charge >= 0.3 is 12.1 Å². The zero-order valence-corrected chi connectivity index (χ0v) is 42.6. The van der Waals surface area contributed by atoms with Gasteiger partial charge in [0.15, 0.2) is 0 Å². The minimum atomic E-state index is -2.13. The smallest absolute Gasteiger partial charge is 0.421 e. The Morgan fingerprint density at radius 1 is 0.782 bits per heavy atom. The lowest BCUT2D eigenvalue weighted by atomic mass is 9.64. The Balaban J connectivity index is 1.14. The van der Waals surface area contributed by atoms with Crippen molar-refractivity contribution in [2.75, 3.05) is 49.2 Å². The molecular formula is C60H57N7O11. The number of carbonyl (C=O) groups excluding carboxylic acids is 4. The fraction of sp³-hybridized carbons (Fsp3) is 0.333. The van der Waals surface area contributed by atoms with Crippen LogP contribution >= 0.6 is 0 Å². The molecule has 5 aliphatic rings. The molecule has 1 spiro atoms. The van der Waals surface area contributed by atoms with Crippen LogP contribution in [0.2, 0.25) is 0 Å². The third kappa shape index (κ3) is 9.58. The van der Waals surface area contributed by atoms with E-state index in [4.69, 9.17) is 14.2 Å². The molecule has 0 bridgehead atoms. The number of imide groups is 1. The topological polar surface area (TPSA) is 218 Å². The Hall–Kier alpha value is -8.50. The van der Waals surface area contributed by atoms with Crippen LogP contribution < -0.4 is 14.5 Å². The number of carbonyl (C=O) groups is 4. The SMILES string of the molecule is O=C1O[C@H](c2ccccc2)[C@H](c2ccccc2)N2[C@H]1[C@@H](C(=O)N1CCN(c3ncccn3)CC1)[C@]1(C(=O)N(C(=O)OCc3ccc([N+](=O)[O-])cc3)c3ccc(C#CC4(O)CCCCCC4)cc31)[C@H]2c1ccc(OCCO)cc1. The average Bonchev–Trinajstić information content (AvgIpc) is 2.41. The molecule has 1 aliphatic carbocycles. The molecular weight excluding hydrogens is 995 g/mol. The van der Waals surface area contributed by atoms with Crippen molar-refractivity contribution in [3.63, 3.8) is 0 Å². The van der Waals surface area contributed by atoms with E-state index in [1.165, 1.54) is 24.3 Å². The van der Waals surface area contributed by atoms with Crippen LogP contribution in [0.1, 0.15) is 90.1 Å².